The average Bonchev–Trinajstić information content (AvgIpc) is 3.90. The third-order valence-electron chi connectivity index (χ3n) is 11.4. The molecule has 2 aliphatic heterocycles. The van der Waals surface area contributed by atoms with Crippen LogP contribution in [0.15, 0.2) is 28.8 Å². The second-order valence-corrected chi connectivity index (χ2v) is 15.3. The van der Waals surface area contributed by atoms with Crippen molar-refractivity contribution in [1.82, 2.24) is 15.0 Å². The predicted octanol–water partition coefficient (Wildman–Crippen LogP) is 4.04. The SMILES string of the molecule is C=Cc1c(C)/c2[n-]/c1=C\c1[n-]c(c(CC)c1C=O)/C=c1\[n-]c3c(c1C)C(O)=C(C(=O)OC)C=3C1N=C(\C=2)[C@@H](C)[C@@H]1CCC(=O)OC/C=C(/C)CCCC(C)C.[Mg+2]. The second-order valence-electron chi connectivity index (χ2n) is 15.3. The van der Waals surface area contributed by atoms with E-state index in [0.29, 0.717) is 73.8 Å². The van der Waals surface area contributed by atoms with Gasteiger partial charge in [0, 0.05) is 29.2 Å². The van der Waals surface area contributed by atoms with Crippen LogP contribution < -0.4 is 36.3 Å². The van der Waals surface area contributed by atoms with Gasteiger partial charge in [0.15, 0.2) is 0 Å². The van der Waals surface area contributed by atoms with E-state index in [4.69, 9.17) is 29.4 Å². The Kier molecular flexibility index (Phi) is 13.4. The molecule has 0 spiro atoms. The van der Waals surface area contributed by atoms with E-state index in [9.17, 15) is 19.5 Å². The zero-order valence-electron chi connectivity index (χ0n) is 33.9. The van der Waals surface area contributed by atoms with E-state index in [2.05, 4.69) is 34.3 Å². The Labute approximate surface area is 344 Å². The third-order valence-corrected chi connectivity index (χ3v) is 11.4. The van der Waals surface area contributed by atoms with Gasteiger partial charge in [0.2, 0.25) is 0 Å². The van der Waals surface area contributed by atoms with Crippen LogP contribution in [-0.2, 0) is 25.5 Å². The minimum absolute atomic E-state index is 0. The van der Waals surface area contributed by atoms with Crippen molar-refractivity contribution in [2.45, 2.75) is 93.0 Å². The fraction of sp³-hybridized carbons (Fsp3) is 0.422. The van der Waals surface area contributed by atoms with Gasteiger partial charge in [0.05, 0.1) is 13.2 Å². The number of rotatable bonds is 13. The molecule has 6 rings (SSSR count). The first-order valence-corrected chi connectivity index (χ1v) is 19.3. The molecule has 290 valence electrons. The summed E-state index contributed by atoms with van der Waals surface area (Å²) < 4.78 is 10.9. The van der Waals surface area contributed by atoms with Gasteiger partial charge < -0.3 is 29.5 Å². The number of allylic oxidation sites excluding steroid dienone is 1. The first-order chi connectivity index (χ1) is 26.3. The van der Waals surface area contributed by atoms with E-state index >= 15 is 0 Å². The Hall–Kier alpha value is -4.61. The van der Waals surface area contributed by atoms with Gasteiger partial charge in [-0.15, -0.1) is 32.8 Å². The Morgan fingerprint density at radius 2 is 1.73 bits per heavy atom. The molecule has 56 heavy (non-hydrogen) atoms. The van der Waals surface area contributed by atoms with Crippen molar-refractivity contribution < 1.29 is 29.0 Å². The summed E-state index contributed by atoms with van der Waals surface area (Å²) in [6, 6.07) is -0.651. The number of aromatic nitrogens is 3. The molecule has 0 amide bonds. The molecule has 0 radical (unpaired) electrons. The molecule has 1 aliphatic carbocycles. The maximum Gasteiger partial charge on any atom is 2.00 e. The summed E-state index contributed by atoms with van der Waals surface area (Å²) in [5.41, 5.74) is 7.52. The maximum atomic E-state index is 13.5. The van der Waals surface area contributed by atoms with Crippen molar-refractivity contribution in [1.29, 1.82) is 0 Å². The van der Waals surface area contributed by atoms with Crippen molar-refractivity contribution in [3.63, 3.8) is 0 Å². The fourth-order valence-electron chi connectivity index (χ4n) is 8.20. The maximum absolute atomic E-state index is 13.5. The Morgan fingerprint density at radius 1 is 1.02 bits per heavy atom. The quantitative estimate of drug-likeness (QED) is 0.118. The van der Waals surface area contributed by atoms with Crippen molar-refractivity contribution in [3.05, 3.63) is 90.0 Å². The normalized spacial score (nSPS) is 20.3. The van der Waals surface area contributed by atoms with Gasteiger partial charge in [-0.1, -0.05) is 87.3 Å². The molecule has 5 heterocycles. The van der Waals surface area contributed by atoms with E-state index in [0.717, 1.165) is 48.0 Å². The Balaban J connectivity index is 0.00000600. The molecular formula is C45H51MgN4O6-. The van der Waals surface area contributed by atoms with Gasteiger partial charge in [-0.25, -0.2) is 4.79 Å². The van der Waals surface area contributed by atoms with Crippen LogP contribution in [0.4, 0.5) is 0 Å². The summed E-state index contributed by atoms with van der Waals surface area (Å²) in [6.45, 7) is 18.6. The van der Waals surface area contributed by atoms with Gasteiger partial charge in [0.25, 0.3) is 0 Å². The summed E-state index contributed by atoms with van der Waals surface area (Å²) in [5.74, 6) is -1.03. The van der Waals surface area contributed by atoms with Crippen LogP contribution in [0.5, 0.6) is 0 Å². The fourth-order valence-corrected chi connectivity index (χ4v) is 8.20. The first kappa shape index (κ1) is 42.5. The second kappa shape index (κ2) is 17.7. The van der Waals surface area contributed by atoms with E-state index in [1.165, 1.54) is 12.7 Å². The number of esters is 2. The number of carbonyl (C=O) groups excluding carboxylic acids is 3. The molecule has 0 saturated heterocycles. The van der Waals surface area contributed by atoms with Gasteiger partial charge in [0.1, 0.15) is 24.2 Å². The number of carbonyl (C=O) groups is 3. The predicted molar refractivity (Wildman–Crippen MR) is 221 cm³/mol. The molecule has 3 aliphatic rings. The van der Waals surface area contributed by atoms with Gasteiger partial charge in [-0.05, 0) is 75.5 Å². The number of aliphatic imine (C=N–C) groups is 1. The molecular weight excluding hydrogens is 717 g/mol. The summed E-state index contributed by atoms with van der Waals surface area (Å²) >= 11 is 0. The monoisotopic (exact) mass is 767 g/mol. The van der Waals surface area contributed by atoms with Crippen LogP contribution >= 0.6 is 0 Å². The zero-order valence-corrected chi connectivity index (χ0v) is 35.3. The topological polar surface area (TPSA) is 145 Å². The summed E-state index contributed by atoms with van der Waals surface area (Å²) in [7, 11) is 1.28. The largest absolute Gasteiger partial charge is 2.00 e. The van der Waals surface area contributed by atoms with Crippen molar-refractivity contribution in [3.8, 4) is 0 Å². The minimum Gasteiger partial charge on any atom is -0.657 e. The molecule has 0 fully saturated rings. The smallest absolute Gasteiger partial charge is 0.657 e. The third kappa shape index (κ3) is 7.98. The summed E-state index contributed by atoms with van der Waals surface area (Å²) in [4.78, 5) is 59.4. The molecule has 1 N–H and O–H groups in total. The van der Waals surface area contributed by atoms with Crippen LogP contribution in [-0.4, -0.2) is 71.9 Å². The number of hydrogen-bond donors (Lipinski definition) is 1. The van der Waals surface area contributed by atoms with Gasteiger partial charge in [-0.3, -0.25) is 14.6 Å². The molecule has 11 heteroatoms. The number of fused-ring (bicyclic) bond motifs is 7. The number of nitrogens with zero attached hydrogens (tertiary/aromatic N) is 4. The number of hydrogen-bond acceptors (Lipinski definition) is 7. The minimum atomic E-state index is -0.700. The van der Waals surface area contributed by atoms with Crippen LogP contribution in [0.2, 0.25) is 0 Å². The molecule has 3 aromatic rings. The number of aliphatic hydroxyl groups excluding tert-OH is 1. The van der Waals surface area contributed by atoms with E-state index in [1.54, 1.807) is 6.08 Å². The summed E-state index contributed by atoms with van der Waals surface area (Å²) in [5, 5.41) is 14.1. The van der Waals surface area contributed by atoms with Crippen LogP contribution in [0.1, 0.15) is 116 Å². The van der Waals surface area contributed by atoms with Crippen LogP contribution in [0.3, 0.4) is 0 Å². The van der Waals surface area contributed by atoms with Crippen molar-refractivity contribution in [2.75, 3.05) is 13.7 Å². The van der Waals surface area contributed by atoms with Gasteiger partial charge in [-0.2, -0.15) is 0 Å². The van der Waals surface area contributed by atoms with Crippen molar-refractivity contribution >= 4 is 82.6 Å². The average molecular weight is 768 g/mol. The standard InChI is InChI=1S/C45H53N4O6.Mg/c1-10-28-25(6)32-19-33-26(7)30(15-16-38(51)55-18-17-24(5)14-12-13-23(3)4)42(48-33)40-41(45(53)54-9)44(52)39-27(8)34(49-43(39)40)20-36-29(11-2)31(22-50)37(47-36)21-35(28)46-32;/h10,17,19-23,26,30,42H,1,11-16,18H2,2-9H3,(H3-,46,47,48,49,50,52,53);/q-1;+2/p-2/b24-17-;/t26-,30-,42?;/m0./s1. The number of methoxy groups -OCH3 is 1. The van der Waals surface area contributed by atoms with Crippen molar-refractivity contribution in [2.24, 2.45) is 22.7 Å². The molecule has 1 unspecified atom stereocenters. The first-order valence-electron chi connectivity index (χ1n) is 19.3. The van der Waals surface area contributed by atoms with E-state index in [1.807, 2.05) is 45.1 Å². The molecule has 3 atom stereocenters. The van der Waals surface area contributed by atoms with E-state index in [-0.39, 0.29) is 65.2 Å². The van der Waals surface area contributed by atoms with E-state index < -0.39 is 12.0 Å². The molecule has 10 nitrogen and oxygen atoms in total. The molecule has 3 aromatic heterocycles. The van der Waals surface area contributed by atoms with Gasteiger partial charge >= 0.3 is 35.0 Å². The Morgan fingerprint density at radius 3 is 2.39 bits per heavy atom. The number of aldehydes is 1. The Bertz CT molecular complexity index is 2420. The zero-order chi connectivity index (χ0) is 39.7. The molecule has 0 saturated carbocycles. The number of ether oxygens (including phenoxy) is 2. The van der Waals surface area contributed by atoms with Crippen LogP contribution in [0, 0.1) is 31.6 Å². The summed E-state index contributed by atoms with van der Waals surface area (Å²) in [6.07, 6.45) is 14.5. The molecule has 0 aromatic carbocycles. The molecule has 8 bridgehead atoms. The van der Waals surface area contributed by atoms with Crippen LogP contribution in [0.25, 0.3) is 35.6 Å². The number of aliphatic hydroxyl groups is 1.